The Morgan fingerprint density at radius 1 is 1.36 bits per heavy atom. The van der Waals surface area contributed by atoms with Gasteiger partial charge < -0.3 is 19.7 Å². The van der Waals surface area contributed by atoms with Gasteiger partial charge in [0.25, 0.3) is 0 Å². The van der Waals surface area contributed by atoms with E-state index >= 15 is 0 Å². The number of fused-ring (bicyclic) bond motifs is 1. The number of nitrogens with one attached hydrogen (secondary N) is 1. The molecule has 1 N–H and O–H groups in total. The van der Waals surface area contributed by atoms with Crippen molar-refractivity contribution in [1.29, 1.82) is 0 Å². The number of benzene rings is 1. The molecule has 0 spiro atoms. The van der Waals surface area contributed by atoms with Crippen molar-refractivity contribution >= 4 is 18.3 Å². The molecule has 1 saturated heterocycles. The number of methoxy groups -OCH3 is 1. The second kappa shape index (κ2) is 7.70. The summed E-state index contributed by atoms with van der Waals surface area (Å²) in [5.41, 5.74) is 1.06. The van der Waals surface area contributed by atoms with E-state index in [1.165, 1.54) is 0 Å². The average molecular weight is 327 g/mol. The molecule has 122 valence electrons. The van der Waals surface area contributed by atoms with Crippen LogP contribution < -0.4 is 14.8 Å². The SMILES string of the molecule is COc1ccc2c(c1)CC(C(=O)N1CCCNCC1)CO2.Cl. The van der Waals surface area contributed by atoms with Gasteiger partial charge in [0.05, 0.1) is 13.0 Å². The standard InChI is InChI=1S/C16H22N2O3.ClH/c1-20-14-3-4-15-12(10-14)9-13(11-21-15)16(19)18-7-2-5-17-6-8-18;/h3-4,10,13,17H,2,5-9,11H2,1H3;1H. The summed E-state index contributed by atoms with van der Waals surface area (Å²) < 4.78 is 11.0. The third kappa shape index (κ3) is 3.65. The first-order valence-corrected chi connectivity index (χ1v) is 7.57. The Labute approximate surface area is 137 Å². The number of carbonyl (C=O) groups excluding carboxylic acids is 1. The molecule has 5 nitrogen and oxygen atoms in total. The lowest BCUT2D eigenvalue weighted by Gasteiger charge is -2.29. The van der Waals surface area contributed by atoms with Gasteiger partial charge in [0.2, 0.25) is 5.91 Å². The Hall–Kier alpha value is -1.46. The van der Waals surface area contributed by atoms with Crippen molar-refractivity contribution in [2.45, 2.75) is 12.8 Å². The topological polar surface area (TPSA) is 50.8 Å². The Balaban J connectivity index is 0.00000176. The highest BCUT2D eigenvalue weighted by Crippen LogP contribution is 2.31. The predicted octanol–water partition coefficient (Wildman–Crippen LogP) is 1.49. The van der Waals surface area contributed by atoms with Crippen LogP contribution in [0.2, 0.25) is 0 Å². The molecule has 0 saturated carbocycles. The third-order valence-corrected chi connectivity index (χ3v) is 4.17. The number of carbonyl (C=O) groups is 1. The summed E-state index contributed by atoms with van der Waals surface area (Å²) in [5, 5.41) is 3.32. The third-order valence-electron chi connectivity index (χ3n) is 4.17. The van der Waals surface area contributed by atoms with Gasteiger partial charge in [-0.25, -0.2) is 0 Å². The Morgan fingerprint density at radius 3 is 3.05 bits per heavy atom. The van der Waals surface area contributed by atoms with Crippen LogP contribution in [-0.2, 0) is 11.2 Å². The summed E-state index contributed by atoms with van der Waals surface area (Å²) in [7, 11) is 1.65. The zero-order chi connectivity index (χ0) is 14.7. The lowest BCUT2D eigenvalue weighted by atomic mass is 9.95. The molecular formula is C16H23ClN2O3. The summed E-state index contributed by atoms with van der Waals surface area (Å²) in [6.45, 7) is 3.98. The molecule has 1 aromatic rings. The second-order valence-electron chi connectivity index (χ2n) is 5.61. The lowest BCUT2D eigenvalue weighted by Crippen LogP contribution is -2.42. The van der Waals surface area contributed by atoms with Gasteiger partial charge in [0.1, 0.15) is 18.1 Å². The lowest BCUT2D eigenvalue weighted by molar-refractivity contribution is -0.136. The van der Waals surface area contributed by atoms with Crippen LogP contribution in [0.15, 0.2) is 18.2 Å². The Bertz CT molecular complexity index is 516. The fourth-order valence-electron chi connectivity index (χ4n) is 2.98. The quantitative estimate of drug-likeness (QED) is 0.894. The molecule has 2 heterocycles. The molecular weight excluding hydrogens is 304 g/mol. The molecule has 6 heteroatoms. The molecule has 3 rings (SSSR count). The number of halogens is 1. The minimum atomic E-state index is -0.0808. The van der Waals surface area contributed by atoms with E-state index in [2.05, 4.69) is 5.32 Å². The van der Waals surface area contributed by atoms with E-state index in [4.69, 9.17) is 9.47 Å². The molecule has 2 aliphatic heterocycles. The maximum Gasteiger partial charge on any atom is 0.229 e. The van der Waals surface area contributed by atoms with Crippen LogP contribution in [0.3, 0.4) is 0 Å². The maximum absolute atomic E-state index is 12.7. The van der Waals surface area contributed by atoms with Gasteiger partial charge in [-0.1, -0.05) is 0 Å². The van der Waals surface area contributed by atoms with Crippen LogP contribution in [0.4, 0.5) is 0 Å². The fraction of sp³-hybridized carbons (Fsp3) is 0.562. The maximum atomic E-state index is 12.7. The van der Waals surface area contributed by atoms with Gasteiger partial charge >= 0.3 is 0 Å². The molecule has 1 amide bonds. The number of rotatable bonds is 2. The van der Waals surface area contributed by atoms with Gasteiger partial charge in [0, 0.05) is 19.6 Å². The summed E-state index contributed by atoms with van der Waals surface area (Å²) in [6, 6.07) is 5.78. The minimum absolute atomic E-state index is 0. The molecule has 1 unspecified atom stereocenters. The Kier molecular flexibility index (Phi) is 5.91. The van der Waals surface area contributed by atoms with Crippen molar-refractivity contribution in [1.82, 2.24) is 10.2 Å². The second-order valence-corrected chi connectivity index (χ2v) is 5.61. The summed E-state index contributed by atoms with van der Waals surface area (Å²) >= 11 is 0. The summed E-state index contributed by atoms with van der Waals surface area (Å²) in [4.78, 5) is 14.6. The molecule has 2 aliphatic rings. The van der Waals surface area contributed by atoms with Crippen LogP contribution >= 0.6 is 12.4 Å². The predicted molar refractivity (Wildman–Crippen MR) is 87.0 cm³/mol. The average Bonchev–Trinajstić information content (AvgIpc) is 2.82. The number of hydrogen-bond acceptors (Lipinski definition) is 4. The van der Waals surface area contributed by atoms with E-state index in [1.807, 2.05) is 23.1 Å². The van der Waals surface area contributed by atoms with Crippen molar-refractivity contribution < 1.29 is 14.3 Å². The first-order valence-electron chi connectivity index (χ1n) is 7.57. The number of ether oxygens (including phenoxy) is 2. The van der Waals surface area contributed by atoms with Crippen molar-refractivity contribution in [3.05, 3.63) is 23.8 Å². The molecule has 1 atom stereocenters. The summed E-state index contributed by atoms with van der Waals surface area (Å²) in [6.07, 6.45) is 1.75. The van der Waals surface area contributed by atoms with Crippen molar-refractivity contribution in [3.63, 3.8) is 0 Å². The minimum Gasteiger partial charge on any atom is -0.497 e. The van der Waals surface area contributed by atoms with E-state index in [0.717, 1.165) is 56.1 Å². The number of amides is 1. The van der Waals surface area contributed by atoms with E-state index in [9.17, 15) is 4.79 Å². The van der Waals surface area contributed by atoms with E-state index in [0.29, 0.717) is 6.61 Å². The van der Waals surface area contributed by atoms with E-state index in [1.54, 1.807) is 7.11 Å². The van der Waals surface area contributed by atoms with Crippen molar-refractivity contribution in [2.24, 2.45) is 5.92 Å². The number of hydrogen-bond donors (Lipinski definition) is 1. The molecule has 0 bridgehead atoms. The molecule has 22 heavy (non-hydrogen) atoms. The van der Waals surface area contributed by atoms with E-state index < -0.39 is 0 Å². The van der Waals surface area contributed by atoms with Crippen molar-refractivity contribution in [3.8, 4) is 11.5 Å². The zero-order valence-corrected chi connectivity index (χ0v) is 13.7. The Morgan fingerprint density at radius 2 is 2.23 bits per heavy atom. The number of nitrogens with zero attached hydrogens (tertiary/aromatic N) is 1. The van der Waals surface area contributed by atoms with E-state index in [-0.39, 0.29) is 24.2 Å². The highest BCUT2D eigenvalue weighted by molar-refractivity contribution is 5.85. The largest absolute Gasteiger partial charge is 0.497 e. The monoisotopic (exact) mass is 326 g/mol. The van der Waals surface area contributed by atoms with Crippen molar-refractivity contribution in [2.75, 3.05) is 39.9 Å². The fourth-order valence-corrected chi connectivity index (χ4v) is 2.98. The summed E-state index contributed by atoms with van der Waals surface area (Å²) in [5.74, 6) is 1.82. The highest BCUT2D eigenvalue weighted by Gasteiger charge is 2.30. The van der Waals surface area contributed by atoms with Crippen LogP contribution in [0.25, 0.3) is 0 Å². The normalized spacial score (nSPS) is 21.0. The van der Waals surface area contributed by atoms with Crippen LogP contribution in [0, 0.1) is 5.92 Å². The zero-order valence-electron chi connectivity index (χ0n) is 12.8. The first kappa shape index (κ1) is 16.9. The first-order chi connectivity index (χ1) is 10.3. The van der Waals surface area contributed by atoms with Crippen LogP contribution in [-0.4, -0.2) is 50.7 Å². The molecule has 0 radical (unpaired) electrons. The van der Waals surface area contributed by atoms with Gasteiger partial charge in [-0.05, 0) is 43.1 Å². The molecule has 1 fully saturated rings. The van der Waals surface area contributed by atoms with Gasteiger partial charge in [-0.3, -0.25) is 4.79 Å². The molecule has 1 aromatic carbocycles. The van der Waals surface area contributed by atoms with Gasteiger partial charge in [0.15, 0.2) is 0 Å². The highest BCUT2D eigenvalue weighted by atomic mass is 35.5. The van der Waals surface area contributed by atoms with Crippen LogP contribution in [0.5, 0.6) is 11.5 Å². The van der Waals surface area contributed by atoms with Gasteiger partial charge in [-0.15, -0.1) is 12.4 Å². The molecule has 0 aliphatic carbocycles. The smallest absolute Gasteiger partial charge is 0.229 e. The van der Waals surface area contributed by atoms with Crippen LogP contribution in [0.1, 0.15) is 12.0 Å². The molecule has 0 aromatic heterocycles. The van der Waals surface area contributed by atoms with Gasteiger partial charge in [-0.2, -0.15) is 0 Å².